The molecule has 1 aromatic rings. The molecule has 0 aliphatic carbocycles. The maximum atomic E-state index is 11.9. The van der Waals surface area contributed by atoms with Gasteiger partial charge < -0.3 is 10.1 Å². The van der Waals surface area contributed by atoms with Crippen LogP contribution in [-0.4, -0.2) is 18.6 Å². The van der Waals surface area contributed by atoms with Crippen molar-refractivity contribution in [3.05, 3.63) is 34.3 Å². The number of amides is 1. The van der Waals surface area contributed by atoms with E-state index in [4.69, 9.17) is 4.74 Å². The fourth-order valence-corrected chi connectivity index (χ4v) is 1.56. The first-order valence-electron chi connectivity index (χ1n) is 5.48. The number of ether oxygens (including phenoxy) is 1. The van der Waals surface area contributed by atoms with Crippen molar-refractivity contribution < 1.29 is 9.53 Å². The van der Waals surface area contributed by atoms with Crippen LogP contribution in [0.1, 0.15) is 32.4 Å². The Labute approximate surface area is 111 Å². The summed E-state index contributed by atoms with van der Waals surface area (Å²) in [7, 11) is 1.53. The smallest absolute Gasteiger partial charge is 0.252 e. The molecule has 0 saturated heterocycles. The van der Waals surface area contributed by atoms with Gasteiger partial charge in [0.2, 0.25) is 0 Å². The standard InChI is InChI=1S/C13H18BrNO2/c1-9(10-5-7-11(14)8-6-10)15-12(16)13(2,3)17-4/h5-9H,1-4H3,(H,15,16)/t9-/m0/s1. The fourth-order valence-electron chi connectivity index (χ4n) is 1.30. The lowest BCUT2D eigenvalue weighted by Gasteiger charge is -2.24. The van der Waals surface area contributed by atoms with Gasteiger partial charge in [0.15, 0.2) is 0 Å². The number of carbonyl (C=O) groups excluding carboxylic acids is 1. The third-order valence-electron chi connectivity index (χ3n) is 2.77. The van der Waals surface area contributed by atoms with Crippen molar-refractivity contribution in [3.63, 3.8) is 0 Å². The molecule has 0 spiro atoms. The minimum absolute atomic E-state index is 0.0370. The molecule has 1 aromatic carbocycles. The van der Waals surface area contributed by atoms with Crippen LogP contribution in [0, 0.1) is 0 Å². The zero-order valence-electron chi connectivity index (χ0n) is 10.6. The fraction of sp³-hybridized carbons (Fsp3) is 0.462. The molecule has 1 atom stereocenters. The second kappa shape index (κ2) is 5.65. The SMILES string of the molecule is COC(C)(C)C(=O)N[C@@H](C)c1ccc(Br)cc1. The molecule has 17 heavy (non-hydrogen) atoms. The van der Waals surface area contributed by atoms with Crippen LogP contribution in [0.2, 0.25) is 0 Å². The molecule has 4 heteroatoms. The van der Waals surface area contributed by atoms with Crippen LogP contribution in [0.3, 0.4) is 0 Å². The van der Waals surface area contributed by atoms with Crippen LogP contribution in [0.5, 0.6) is 0 Å². The lowest BCUT2D eigenvalue weighted by atomic mass is 10.1. The minimum atomic E-state index is -0.802. The lowest BCUT2D eigenvalue weighted by Crippen LogP contribution is -2.44. The van der Waals surface area contributed by atoms with Crippen molar-refractivity contribution in [1.82, 2.24) is 5.32 Å². The molecular weight excluding hydrogens is 282 g/mol. The Balaban J connectivity index is 2.70. The summed E-state index contributed by atoms with van der Waals surface area (Å²) in [6, 6.07) is 7.84. The van der Waals surface area contributed by atoms with Gasteiger partial charge in [-0.1, -0.05) is 28.1 Å². The van der Waals surface area contributed by atoms with Crippen LogP contribution >= 0.6 is 15.9 Å². The maximum Gasteiger partial charge on any atom is 0.252 e. The number of hydrogen-bond donors (Lipinski definition) is 1. The average molecular weight is 300 g/mol. The van der Waals surface area contributed by atoms with Crippen LogP contribution in [-0.2, 0) is 9.53 Å². The highest BCUT2D eigenvalue weighted by Crippen LogP contribution is 2.18. The zero-order valence-corrected chi connectivity index (χ0v) is 12.2. The second-order valence-corrected chi connectivity index (χ2v) is 5.38. The largest absolute Gasteiger partial charge is 0.369 e. The Kier molecular flexibility index (Phi) is 4.71. The molecule has 0 bridgehead atoms. The molecule has 3 nitrogen and oxygen atoms in total. The highest BCUT2D eigenvalue weighted by atomic mass is 79.9. The highest BCUT2D eigenvalue weighted by molar-refractivity contribution is 9.10. The summed E-state index contributed by atoms with van der Waals surface area (Å²) in [6.07, 6.45) is 0. The van der Waals surface area contributed by atoms with Crippen LogP contribution < -0.4 is 5.32 Å². The predicted molar refractivity (Wildman–Crippen MR) is 71.8 cm³/mol. The number of carbonyl (C=O) groups is 1. The number of halogens is 1. The topological polar surface area (TPSA) is 38.3 Å². The van der Waals surface area contributed by atoms with Gasteiger partial charge in [-0.25, -0.2) is 0 Å². The Morgan fingerprint density at radius 3 is 2.35 bits per heavy atom. The third kappa shape index (κ3) is 3.82. The van der Waals surface area contributed by atoms with E-state index >= 15 is 0 Å². The van der Waals surface area contributed by atoms with Gasteiger partial charge in [0.25, 0.3) is 5.91 Å². The van der Waals surface area contributed by atoms with E-state index in [9.17, 15) is 4.79 Å². The summed E-state index contributed by atoms with van der Waals surface area (Å²) < 4.78 is 6.16. The van der Waals surface area contributed by atoms with E-state index < -0.39 is 5.60 Å². The normalized spacial score (nSPS) is 13.2. The molecule has 0 fully saturated rings. The molecule has 1 amide bonds. The van der Waals surface area contributed by atoms with Crippen molar-refractivity contribution in [2.24, 2.45) is 0 Å². The number of hydrogen-bond acceptors (Lipinski definition) is 2. The minimum Gasteiger partial charge on any atom is -0.369 e. The zero-order chi connectivity index (χ0) is 13.1. The monoisotopic (exact) mass is 299 g/mol. The quantitative estimate of drug-likeness (QED) is 0.928. The van der Waals surface area contributed by atoms with Crippen molar-refractivity contribution in [2.45, 2.75) is 32.4 Å². The predicted octanol–water partition coefficient (Wildman–Crippen LogP) is 3.05. The molecule has 1 N–H and O–H groups in total. The summed E-state index contributed by atoms with van der Waals surface area (Å²) in [5.41, 5.74) is 0.261. The first kappa shape index (κ1) is 14.2. The van der Waals surface area contributed by atoms with Gasteiger partial charge in [-0.15, -0.1) is 0 Å². The first-order valence-corrected chi connectivity index (χ1v) is 6.27. The lowest BCUT2D eigenvalue weighted by molar-refractivity contribution is -0.140. The van der Waals surface area contributed by atoms with Gasteiger partial charge in [-0.2, -0.15) is 0 Å². The Morgan fingerprint density at radius 2 is 1.88 bits per heavy atom. The van der Waals surface area contributed by atoms with E-state index in [-0.39, 0.29) is 11.9 Å². The van der Waals surface area contributed by atoms with Crippen LogP contribution in [0.25, 0.3) is 0 Å². The second-order valence-electron chi connectivity index (χ2n) is 4.46. The highest BCUT2D eigenvalue weighted by Gasteiger charge is 2.28. The summed E-state index contributed by atoms with van der Waals surface area (Å²) >= 11 is 3.38. The van der Waals surface area contributed by atoms with Crippen LogP contribution in [0.15, 0.2) is 28.7 Å². The molecule has 0 aliphatic rings. The van der Waals surface area contributed by atoms with Gasteiger partial charge in [-0.05, 0) is 38.5 Å². The van der Waals surface area contributed by atoms with E-state index in [2.05, 4.69) is 21.2 Å². The molecule has 0 aliphatic heterocycles. The van der Waals surface area contributed by atoms with Gasteiger partial charge >= 0.3 is 0 Å². The summed E-state index contributed by atoms with van der Waals surface area (Å²) in [5.74, 6) is -0.115. The average Bonchev–Trinajstić information content (AvgIpc) is 2.29. The molecular formula is C13H18BrNO2. The molecule has 0 unspecified atom stereocenters. The van der Waals surface area contributed by atoms with E-state index in [1.54, 1.807) is 13.8 Å². The summed E-state index contributed by atoms with van der Waals surface area (Å²) in [4.78, 5) is 11.9. The molecule has 94 valence electrons. The van der Waals surface area contributed by atoms with Gasteiger partial charge in [0, 0.05) is 11.6 Å². The van der Waals surface area contributed by atoms with E-state index in [1.165, 1.54) is 7.11 Å². The molecule has 1 rings (SSSR count). The van der Waals surface area contributed by atoms with Gasteiger partial charge in [-0.3, -0.25) is 4.79 Å². The Hall–Kier alpha value is -0.870. The van der Waals surface area contributed by atoms with E-state index in [1.807, 2.05) is 31.2 Å². The van der Waals surface area contributed by atoms with Gasteiger partial charge in [0.1, 0.15) is 5.60 Å². The summed E-state index contributed by atoms with van der Waals surface area (Å²) in [5, 5.41) is 2.93. The number of methoxy groups -OCH3 is 1. The Morgan fingerprint density at radius 1 is 1.35 bits per heavy atom. The van der Waals surface area contributed by atoms with Gasteiger partial charge in [0.05, 0.1) is 6.04 Å². The molecule has 0 heterocycles. The van der Waals surface area contributed by atoms with Crippen molar-refractivity contribution in [2.75, 3.05) is 7.11 Å². The number of rotatable bonds is 4. The van der Waals surface area contributed by atoms with Crippen LogP contribution in [0.4, 0.5) is 0 Å². The number of benzene rings is 1. The third-order valence-corrected chi connectivity index (χ3v) is 3.30. The van der Waals surface area contributed by atoms with Crippen molar-refractivity contribution in [1.29, 1.82) is 0 Å². The molecule has 0 saturated carbocycles. The molecule has 0 radical (unpaired) electrons. The maximum absolute atomic E-state index is 11.9. The first-order chi connectivity index (χ1) is 7.86. The summed E-state index contributed by atoms with van der Waals surface area (Å²) in [6.45, 7) is 5.44. The van der Waals surface area contributed by atoms with Crippen molar-refractivity contribution >= 4 is 21.8 Å². The van der Waals surface area contributed by atoms with Crippen molar-refractivity contribution in [3.8, 4) is 0 Å². The van der Waals surface area contributed by atoms with E-state index in [0.29, 0.717) is 0 Å². The number of nitrogens with one attached hydrogen (secondary N) is 1. The van der Waals surface area contributed by atoms with E-state index in [0.717, 1.165) is 10.0 Å². The Bertz CT molecular complexity index is 387. The molecule has 0 aromatic heterocycles.